The summed E-state index contributed by atoms with van der Waals surface area (Å²) in [5.74, 6) is 0.0676. The molecule has 6 heteroatoms. The first-order valence-corrected chi connectivity index (χ1v) is 6.00. The van der Waals surface area contributed by atoms with E-state index in [1.165, 1.54) is 19.1 Å². The highest BCUT2D eigenvalue weighted by molar-refractivity contribution is 6.00. The van der Waals surface area contributed by atoms with Crippen molar-refractivity contribution in [1.82, 2.24) is 10.9 Å². The fourth-order valence-electron chi connectivity index (χ4n) is 1.96. The van der Waals surface area contributed by atoms with Gasteiger partial charge in [0.15, 0.2) is 0 Å². The lowest BCUT2D eigenvalue weighted by atomic mass is 9.99. The van der Waals surface area contributed by atoms with Crippen LogP contribution in [0.2, 0.25) is 0 Å². The fraction of sp³-hybridized carbons (Fsp3) is 0.385. The van der Waals surface area contributed by atoms with Gasteiger partial charge in [0.2, 0.25) is 5.91 Å². The summed E-state index contributed by atoms with van der Waals surface area (Å²) in [6, 6.07) is 2.85. The number of carbonyl (C=O) groups excluding carboxylic acids is 1. The number of carbonyl (C=O) groups is 1. The van der Waals surface area contributed by atoms with E-state index >= 15 is 0 Å². The predicted molar refractivity (Wildman–Crippen MR) is 72.9 cm³/mol. The number of aliphatic imine (C=N–C) groups is 1. The van der Waals surface area contributed by atoms with Crippen molar-refractivity contribution >= 4 is 23.1 Å². The van der Waals surface area contributed by atoms with Crippen LogP contribution in [-0.4, -0.2) is 17.3 Å². The first-order chi connectivity index (χ1) is 8.79. The van der Waals surface area contributed by atoms with E-state index in [2.05, 4.69) is 21.2 Å². The summed E-state index contributed by atoms with van der Waals surface area (Å²) in [5.41, 5.74) is 6.81. The molecule has 1 aliphatic rings. The maximum Gasteiger partial charge on any atom is 0.235 e. The molecule has 3 N–H and O–H groups in total. The van der Waals surface area contributed by atoms with Gasteiger partial charge in [-0.3, -0.25) is 15.6 Å². The van der Waals surface area contributed by atoms with Gasteiger partial charge in [-0.1, -0.05) is 0 Å². The average Bonchev–Trinajstić information content (AvgIpc) is 2.24. The van der Waals surface area contributed by atoms with Crippen LogP contribution in [0.5, 0.6) is 0 Å². The van der Waals surface area contributed by atoms with Crippen molar-refractivity contribution in [3.05, 3.63) is 23.5 Å². The Balaban J connectivity index is 2.42. The van der Waals surface area contributed by atoms with Crippen LogP contribution in [0.4, 0.5) is 15.8 Å². The number of fused-ring (bicyclic) bond motifs is 1. The fourth-order valence-corrected chi connectivity index (χ4v) is 1.96. The molecule has 1 aliphatic heterocycles. The first-order valence-electron chi connectivity index (χ1n) is 6.00. The molecule has 0 bridgehead atoms. The third kappa shape index (κ3) is 2.67. The lowest BCUT2D eigenvalue weighted by molar-refractivity contribution is -0.119. The van der Waals surface area contributed by atoms with Crippen molar-refractivity contribution in [1.29, 1.82) is 0 Å². The van der Waals surface area contributed by atoms with E-state index in [4.69, 9.17) is 0 Å². The van der Waals surface area contributed by atoms with Gasteiger partial charge in [0.25, 0.3) is 0 Å². The van der Waals surface area contributed by atoms with Gasteiger partial charge in [0.05, 0.1) is 16.9 Å². The summed E-state index contributed by atoms with van der Waals surface area (Å²) in [6.07, 6.45) is 0. The Hall–Kier alpha value is -2.11. The molecule has 0 spiro atoms. The number of hydrogen-bond acceptors (Lipinski definition) is 4. The molecule has 2 rings (SSSR count). The van der Waals surface area contributed by atoms with Crippen molar-refractivity contribution in [2.75, 3.05) is 5.32 Å². The second kappa shape index (κ2) is 4.53. The van der Waals surface area contributed by atoms with Crippen LogP contribution >= 0.6 is 0 Å². The molecule has 0 saturated heterocycles. The normalized spacial score (nSPS) is 15.9. The quantitative estimate of drug-likeness (QED) is 0.628. The number of rotatable bonds is 0. The van der Waals surface area contributed by atoms with Gasteiger partial charge in [0, 0.05) is 6.92 Å². The number of amidine groups is 1. The Morgan fingerprint density at radius 1 is 1.42 bits per heavy atom. The zero-order valence-corrected chi connectivity index (χ0v) is 11.4. The van der Waals surface area contributed by atoms with E-state index in [0.29, 0.717) is 17.2 Å². The van der Waals surface area contributed by atoms with Gasteiger partial charge in [-0.15, -0.1) is 0 Å². The molecule has 0 aromatic heterocycles. The highest BCUT2D eigenvalue weighted by atomic mass is 19.1. The summed E-state index contributed by atoms with van der Waals surface area (Å²) in [5, 5.41) is 3.21. The average molecular weight is 264 g/mol. The van der Waals surface area contributed by atoms with Crippen LogP contribution < -0.4 is 16.2 Å². The molecule has 0 unspecified atom stereocenters. The number of hydrazine groups is 1. The van der Waals surface area contributed by atoms with E-state index in [9.17, 15) is 9.18 Å². The van der Waals surface area contributed by atoms with Gasteiger partial charge in [-0.2, -0.15) is 0 Å². The molecule has 0 saturated carbocycles. The highest BCUT2D eigenvalue weighted by Crippen LogP contribution is 2.36. The zero-order chi connectivity index (χ0) is 14.2. The summed E-state index contributed by atoms with van der Waals surface area (Å²) in [4.78, 5) is 15.4. The van der Waals surface area contributed by atoms with Gasteiger partial charge in [0.1, 0.15) is 11.7 Å². The standard InChI is InChI=1S/C13H17FN4O/c1-7-5-9(14)6-10-11(7)15-12(13(3,4)16-10)18-17-8(2)19/h5-6,16H,1-4H3,(H,15,18)(H,17,19). The third-order valence-electron chi connectivity index (χ3n) is 2.88. The van der Waals surface area contributed by atoms with E-state index in [0.717, 1.165) is 5.56 Å². The number of nitrogens with zero attached hydrogens (tertiary/aromatic N) is 1. The smallest absolute Gasteiger partial charge is 0.235 e. The molecule has 19 heavy (non-hydrogen) atoms. The molecule has 0 aliphatic carbocycles. The summed E-state index contributed by atoms with van der Waals surface area (Å²) in [6.45, 7) is 6.99. The van der Waals surface area contributed by atoms with Crippen LogP contribution in [0.1, 0.15) is 26.3 Å². The molecule has 5 nitrogen and oxygen atoms in total. The maximum atomic E-state index is 13.4. The Morgan fingerprint density at radius 2 is 2.11 bits per heavy atom. The molecule has 1 aromatic carbocycles. The van der Waals surface area contributed by atoms with Crippen LogP contribution in [0, 0.1) is 12.7 Å². The molecule has 1 amide bonds. The topological polar surface area (TPSA) is 65.5 Å². The second-order valence-corrected chi connectivity index (χ2v) is 5.14. The molecule has 1 heterocycles. The van der Waals surface area contributed by atoms with E-state index < -0.39 is 5.54 Å². The van der Waals surface area contributed by atoms with Crippen molar-refractivity contribution in [3.63, 3.8) is 0 Å². The van der Waals surface area contributed by atoms with Crippen molar-refractivity contribution in [2.24, 2.45) is 4.99 Å². The Kier molecular flexibility index (Phi) is 3.18. The maximum absolute atomic E-state index is 13.4. The zero-order valence-electron chi connectivity index (χ0n) is 11.4. The monoisotopic (exact) mass is 264 g/mol. The largest absolute Gasteiger partial charge is 0.371 e. The molecule has 1 aromatic rings. The number of aryl methyl sites for hydroxylation is 1. The van der Waals surface area contributed by atoms with Gasteiger partial charge in [-0.25, -0.2) is 9.38 Å². The van der Waals surface area contributed by atoms with Crippen LogP contribution in [0.3, 0.4) is 0 Å². The Morgan fingerprint density at radius 3 is 2.74 bits per heavy atom. The van der Waals surface area contributed by atoms with E-state index in [1.54, 1.807) is 6.92 Å². The number of nitrogens with one attached hydrogen (secondary N) is 3. The van der Waals surface area contributed by atoms with Crippen molar-refractivity contribution in [2.45, 2.75) is 33.2 Å². The number of hydrogen-bond donors (Lipinski definition) is 3. The molecular weight excluding hydrogens is 247 g/mol. The molecule has 0 fully saturated rings. The van der Waals surface area contributed by atoms with Crippen molar-refractivity contribution < 1.29 is 9.18 Å². The second-order valence-electron chi connectivity index (χ2n) is 5.14. The SMILES string of the molecule is CC(=O)NNC1=Nc2c(C)cc(F)cc2NC1(C)C. The number of anilines is 1. The minimum absolute atomic E-state index is 0.208. The highest BCUT2D eigenvalue weighted by Gasteiger charge is 2.31. The van der Waals surface area contributed by atoms with E-state index in [1.807, 2.05) is 13.8 Å². The lowest BCUT2D eigenvalue weighted by Crippen LogP contribution is -2.54. The lowest BCUT2D eigenvalue weighted by Gasteiger charge is -2.34. The van der Waals surface area contributed by atoms with Crippen LogP contribution in [0.25, 0.3) is 0 Å². The number of amides is 1. The number of halogens is 1. The van der Waals surface area contributed by atoms with Gasteiger partial charge in [-0.05, 0) is 38.5 Å². The Bertz CT molecular complexity index is 566. The molecule has 0 atom stereocenters. The first kappa shape index (κ1) is 13.3. The molecular formula is C13H17FN4O. The van der Waals surface area contributed by atoms with Crippen LogP contribution in [0.15, 0.2) is 17.1 Å². The predicted octanol–water partition coefficient (Wildman–Crippen LogP) is 2.01. The minimum Gasteiger partial charge on any atom is -0.371 e. The van der Waals surface area contributed by atoms with Crippen molar-refractivity contribution in [3.8, 4) is 0 Å². The third-order valence-corrected chi connectivity index (χ3v) is 2.88. The minimum atomic E-state index is -0.532. The number of benzene rings is 1. The van der Waals surface area contributed by atoms with Gasteiger partial charge >= 0.3 is 0 Å². The van der Waals surface area contributed by atoms with Gasteiger partial charge < -0.3 is 5.32 Å². The summed E-state index contributed by atoms with van der Waals surface area (Å²) < 4.78 is 13.4. The summed E-state index contributed by atoms with van der Waals surface area (Å²) >= 11 is 0. The molecule has 0 radical (unpaired) electrons. The van der Waals surface area contributed by atoms with Crippen LogP contribution in [-0.2, 0) is 4.79 Å². The van der Waals surface area contributed by atoms with E-state index in [-0.39, 0.29) is 11.7 Å². The summed E-state index contributed by atoms with van der Waals surface area (Å²) in [7, 11) is 0. The molecule has 102 valence electrons. The Labute approximate surface area is 111 Å².